The number of halogens is 2. The summed E-state index contributed by atoms with van der Waals surface area (Å²) in [4.78, 5) is 5.22. The van der Waals surface area contributed by atoms with Gasteiger partial charge in [0.05, 0.1) is 11.4 Å². The third-order valence-corrected chi connectivity index (χ3v) is 4.62. The van der Waals surface area contributed by atoms with Crippen molar-refractivity contribution in [1.29, 1.82) is 0 Å². The summed E-state index contributed by atoms with van der Waals surface area (Å²) in [6.45, 7) is 0. The van der Waals surface area contributed by atoms with Gasteiger partial charge in [-0.05, 0) is 59.3 Å². The molecule has 2 N–H and O–H groups in total. The predicted molar refractivity (Wildman–Crippen MR) is 116 cm³/mol. The van der Waals surface area contributed by atoms with Crippen molar-refractivity contribution in [3.05, 3.63) is 84.9 Å². The van der Waals surface area contributed by atoms with Crippen LogP contribution in [-0.4, -0.2) is 0 Å². The molecular weight excluding hydrogens is 395 g/mol. The summed E-state index contributed by atoms with van der Waals surface area (Å²) >= 11 is 11.5. The zero-order valence-electron chi connectivity index (χ0n) is 14.7. The molecule has 0 heterocycles. The molecule has 0 bridgehead atoms. The maximum absolute atomic E-state index is 5.99. The number of fused-ring (bicyclic) bond motifs is 1. The number of ether oxygens (including phenoxy) is 2. The van der Waals surface area contributed by atoms with Gasteiger partial charge < -0.3 is 9.47 Å². The van der Waals surface area contributed by atoms with E-state index >= 15 is 0 Å². The highest BCUT2D eigenvalue weighted by molar-refractivity contribution is 6.24. The maximum atomic E-state index is 5.99. The predicted octanol–water partition coefficient (Wildman–Crippen LogP) is 7.56. The summed E-state index contributed by atoms with van der Waals surface area (Å²) < 4.78 is 12.0. The summed E-state index contributed by atoms with van der Waals surface area (Å²) in [6.07, 6.45) is 0. The van der Waals surface area contributed by atoms with Crippen molar-refractivity contribution >= 4 is 45.7 Å². The molecule has 0 amide bonds. The fourth-order valence-electron chi connectivity index (χ4n) is 2.85. The first-order chi connectivity index (χ1) is 13.8. The van der Waals surface area contributed by atoms with Gasteiger partial charge in [-0.25, -0.2) is 0 Å². The summed E-state index contributed by atoms with van der Waals surface area (Å²) in [5.74, 6) is 2.69. The van der Waals surface area contributed by atoms with E-state index in [2.05, 4.69) is 9.67 Å². The van der Waals surface area contributed by atoms with Crippen LogP contribution < -0.4 is 19.1 Å². The van der Waals surface area contributed by atoms with Gasteiger partial charge in [0.15, 0.2) is 11.5 Å². The minimum atomic E-state index is 0.645. The molecule has 4 aromatic rings. The van der Waals surface area contributed by atoms with Crippen LogP contribution in [0, 0.1) is 0 Å². The van der Waals surface area contributed by atoms with Crippen LogP contribution in [0.4, 0.5) is 11.4 Å². The Morgan fingerprint density at radius 3 is 1.46 bits per heavy atom. The Hall–Kier alpha value is -3.08. The number of para-hydroxylation sites is 4. The third-order valence-electron chi connectivity index (χ3n) is 4.22. The summed E-state index contributed by atoms with van der Waals surface area (Å²) in [5.41, 5.74) is 1.40. The van der Waals surface area contributed by atoms with Crippen molar-refractivity contribution in [1.82, 2.24) is 0 Å². The van der Waals surface area contributed by atoms with Crippen LogP contribution in [0.3, 0.4) is 0 Å². The highest BCUT2D eigenvalue weighted by Crippen LogP contribution is 2.34. The lowest BCUT2D eigenvalue weighted by Gasteiger charge is -2.12. The molecule has 6 heteroatoms. The lowest BCUT2D eigenvalue weighted by atomic mass is 10.1. The zero-order chi connectivity index (χ0) is 19.3. The molecule has 0 aliphatic rings. The lowest BCUT2D eigenvalue weighted by Crippen LogP contribution is -1.90. The summed E-state index contributed by atoms with van der Waals surface area (Å²) in [5, 5.41) is 2.06. The molecule has 0 fully saturated rings. The van der Waals surface area contributed by atoms with Gasteiger partial charge in [-0.2, -0.15) is 0 Å². The van der Waals surface area contributed by atoms with E-state index < -0.39 is 0 Å². The molecule has 0 atom stereocenters. The average molecular weight is 411 g/mol. The van der Waals surface area contributed by atoms with Crippen LogP contribution in [0.2, 0.25) is 0 Å². The van der Waals surface area contributed by atoms with Crippen LogP contribution in [0.25, 0.3) is 10.8 Å². The van der Waals surface area contributed by atoms with Crippen LogP contribution in [-0.2, 0) is 0 Å². The minimum absolute atomic E-state index is 0.645. The molecule has 4 aromatic carbocycles. The molecule has 0 saturated heterocycles. The van der Waals surface area contributed by atoms with Gasteiger partial charge in [0.2, 0.25) is 0 Å². The van der Waals surface area contributed by atoms with Crippen molar-refractivity contribution in [2.75, 3.05) is 9.67 Å². The number of nitrogens with one attached hydrogen (secondary N) is 2. The maximum Gasteiger partial charge on any atom is 0.151 e. The third kappa shape index (κ3) is 3.93. The van der Waals surface area contributed by atoms with E-state index in [9.17, 15) is 0 Å². The van der Waals surface area contributed by atoms with E-state index in [4.69, 9.17) is 33.0 Å². The molecule has 0 radical (unpaired) electrons. The summed E-state index contributed by atoms with van der Waals surface area (Å²) in [7, 11) is 0. The molecular formula is C22H16Cl2N2O2. The Morgan fingerprint density at radius 2 is 1.00 bits per heavy atom. The Balaban J connectivity index is 1.63. The minimum Gasteiger partial charge on any atom is -0.455 e. The van der Waals surface area contributed by atoms with E-state index in [-0.39, 0.29) is 0 Å². The van der Waals surface area contributed by atoms with Gasteiger partial charge in [0.1, 0.15) is 11.5 Å². The second-order valence-electron chi connectivity index (χ2n) is 6.06. The molecule has 4 rings (SSSR count). The van der Waals surface area contributed by atoms with Crippen molar-refractivity contribution < 1.29 is 9.47 Å². The first-order valence-electron chi connectivity index (χ1n) is 8.58. The number of anilines is 2. The standard InChI is InChI=1S/C22H16Cl2N2O2/c23-25-19-5-1-3-7-21(19)27-17-11-9-15-10-12-18(14-16(15)13-17)28-22-8-4-2-6-20(22)26-24/h1-14,25-26H. The molecule has 0 aromatic heterocycles. The van der Waals surface area contributed by atoms with E-state index in [1.54, 1.807) is 0 Å². The fourth-order valence-corrected chi connectivity index (χ4v) is 3.16. The van der Waals surface area contributed by atoms with Crippen LogP contribution in [0.15, 0.2) is 84.9 Å². The average Bonchev–Trinajstić information content (AvgIpc) is 2.74. The lowest BCUT2D eigenvalue weighted by molar-refractivity contribution is 0.484. The van der Waals surface area contributed by atoms with Crippen LogP contribution >= 0.6 is 23.6 Å². The van der Waals surface area contributed by atoms with E-state index in [1.165, 1.54) is 0 Å². The van der Waals surface area contributed by atoms with Crippen molar-refractivity contribution in [3.8, 4) is 23.0 Å². The van der Waals surface area contributed by atoms with Gasteiger partial charge in [-0.1, -0.05) is 36.4 Å². The zero-order valence-corrected chi connectivity index (χ0v) is 16.2. The molecule has 0 aliphatic heterocycles. The number of rotatable bonds is 6. The topological polar surface area (TPSA) is 42.5 Å². The second-order valence-corrected chi connectivity index (χ2v) is 6.43. The highest BCUT2D eigenvalue weighted by atomic mass is 35.5. The van der Waals surface area contributed by atoms with Gasteiger partial charge in [-0.15, -0.1) is 0 Å². The number of hydrogen-bond donors (Lipinski definition) is 2. The molecule has 0 spiro atoms. The van der Waals surface area contributed by atoms with Crippen molar-refractivity contribution in [2.24, 2.45) is 0 Å². The number of hydrogen-bond acceptors (Lipinski definition) is 4. The van der Waals surface area contributed by atoms with E-state index in [1.807, 2.05) is 84.9 Å². The van der Waals surface area contributed by atoms with Crippen LogP contribution in [0.5, 0.6) is 23.0 Å². The quantitative estimate of drug-likeness (QED) is 0.321. The largest absolute Gasteiger partial charge is 0.455 e. The molecule has 140 valence electrons. The molecule has 0 unspecified atom stereocenters. The molecule has 0 aliphatic carbocycles. The molecule has 28 heavy (non-hydrogen) atoms. The smallest absolute Gasteiger partial charge is 0.151 e. The van der Waals surface area contributed by atoms with E-state index in [0.29, 0.717) is 34.4 Å². The Bertz CT molecular complexity index is 1030. The Kier molecular flexibility index (Phi) is 5.42. The first kappa shape index (κ1) is 18.3. The fraction of sp³-hybridized carbons (Fsp3) is 0. The molecule has 4 nitrogen and oxygen atoms in total. The molecule has 0 saturated carbocycles. The Labute approximate surface area is 172 Å². The first-order valence-corrected chi connectivity index (χ1v) is 9.33. The van der Waals surface area contributed by atoms with Gasteiger partial charge in [0.25, 0.3) is 0 Å². The van der Waals surface area contributed by atoms with E-state index in [0.717, 1.165) is 10.8 Å². The second kappa shape index (κ2) is 8.30. The SMILES string of the molecule is ClNc1ccccc1Oc1ccc2ccc(Oc3ccccc3NCl)cc2c1. The normalized spacial score (nSPS) is 10.5. The van der Waals surface area contributed by atoms with Gasteiger partial charge >= 0.3 is 0 Å². The summed E-state index contributed by atoms with van der Waals surface area (Å²) in [6, 6.07) is 26.7. The van der Waals surface area contributed by atoms with Crippen molar-refractivity contribution in [3.63, 3.8) is 0 Å². The van der Waals surface area contributed by atoms with Gasteiger partial charge in [0, 0.05) is 23.6 Å². The number of benzene rings is 4. The van der Waals surface area contributed by atoms with Crippen LogP contribution in [0.1, 0.15) is 0 Å². The highest BCUT2D eigenvalue weighted by Gasteiger charge is 2.07. The van der Waals surface area contributed by atoms with Gasteiger partial charge in [-0.3, -0.25) is 9.67 Å². The Morgan fingerprint density at radius 1 is 0.536 bits per heavy atom. The van der Waals surface area contributed by atoms with Crippen molar-refractivity contribution in [2.45, 2.75) is 0 Å². The monoisotopic (exact) mass is 410 g/mol.